The predicted molar refractivity (Wildman–Crippen MR) is 102 cm³/mol. The highest BCUT2D eigenvalue weighted by Crippen LogP contribution is 2.34. The zero-order valence-corrected chi connectivity index (χ0v) is 16.0. The minimum Gasteiger partial charge on any atom is -0.367 e. The number of amides is 1. The molecule has 28 heavy (non-hydrogen) atoms. The number of halogens is 2. The Kier molecular flexibility index (Phi) is 5.03. The second-order valence-corrected chi connectivity index (χ2v) is 7.81. The lowest BCUT2D eigenvalue weighted by Gasteiger charge is -2.29. The number of alkyl halides is 2. The molecule has 0 radical (unpaired) electrons. The Balaban J connectivity index is 1.57. The van der Waals surface area contributed by atoms with Gasteiger partial charge < -0.3 is 10.2 Å². The first kappa shape index (κ1) is 18.8. The van der Waals surface area contributed by atoms with E-state index in [4.69, 9.17) is 0 Å². The van der Waals surface area contributed by atoms with Crippen LogP contribution >= 0.6 is 0 Å². The highest BCUT2D eigenvalue weighted by molar-refractivity contribution is 5.78. The predicted octanol–water partition coefficient (Wildman–Crippen LogP) is 3.69. The molecule has 8 heteroatoms. The Bertz CT molecular complexity index is 856. The molecule has 2 aromatic rings. The van der Waals surface area contributed by atoms with Crippen molar-refractivity contribution in [2.24, 2.45) is 0 Å². The molecular weight excluding hydrogens is 364 g/mol. The van der Waals surface area contributed by atoms with Crippen LogP contribution < -0.4 is 5.32 Å². The van der Waals surface area contributed by atoms with Crippen LogP contribution in [0.5, 0.6) is 0 Å². The van der Waals surface area contributed by atoms with Crippen molar-refractivity contribution in [3.63, 3.8) is 0 Å². The number of anilines is 1. The van der Waals surface area contributed by atoms with Crippen LogP contribution in [0.15, 0.2) is 24.4 Å². The van der Waals surface area contributed by atoms with E-state index < -0.39 is 5.92 Å². The van der Waals surface area contributed by atoms with Gasteiger partial charge in [-0.05, 0) is 49.9 Å². The molecule has 6 nitrogen and oxygen atoms in total. The normalized spacial score (nSPS) is 20.0. The van der Waals surface area contributed by atoms with Crippen molar-refractivity contribution >= 4 is 11.7 Å². The number of carbonyl (C=O) groups is 1. The van der Waals surface area contributed by atoms with Gasteiger partial charge in [0, 0.05) is 44.6 Å². The molecule has 2 aliphatic rings. The van der Waals surface area contributed by atoms with Gasteiger partial charge in [-0.3, -0.25) is 4.79 Å². The van der Waals surface area contributed by atoms with Gasteiger partial charge in [0.25, 0.3) is 0 Å². The van der Waals surface area contributed by atoms with Gasteiger partial charge in [-0.2, -0.15) is 5.10 Å². The van der Waals surface area contributed by atoms with Crippen molar-refractivity contribution in [2.45, 2.75) is 64.0 Å². The number of rotatable bonds is 5. The maximum absolute atomic E-state index is 13.4. The van der Waals surface area contributed by atoms with Crippen molar-refractivity contribution < 1.29 is 13.6 Å². The maximum atomic E-state index is 13.4. The van der Waals surface area contributed by atoms with E-state index >= 15 is 0 Å². The molecule has 0 atom stereocenters. The average molecular weight is 389 g/mol. The molecule has 1 amide bonds. The lowest BCUT2D eigenvalue weighted by Crippen LogP contribution is -2.32. The molecule has 1 saturated carbocycles. The number of carbonyl (C=O) groups excluding carboxylic acids is 1. The fraction of sp³-hybridized carbons (Fsp3) is 0.550. The monoisotopic (exact) mass is 389 g/mol. The Hall–Kier alpha value is -2.51. The number of nitrogens with one attached hydrogen (secondary N) is 1. The van der Waals surface area contributed by atoms with E-state index in [1.54, 1.807) is 4.68 Å². The largest absolute Gasteiger partial charge is 0.367 e. The van der Waals surface area contributed by atoms with Crippen LogP contribution in [-0.2, 0) is 11.3 Å². The maximum Gasteiger partial charge on any atom is 0.248 e. The summed E-state index contributed by atoms with van der Waals surface area (Å²) in [6, 6.07) is 5.72. The molecule has 4 rings (SSSR count). The molecule has 1 aliphatic carbocycles. The van der Waals surface area contributed by atoms with E-state index in [1.165, 1.54) is 0 Å². The molecule has 1 saturated heterocycles. The molecule has 0 aromatic carbocycles. The van der Waals surface area contributed by atoms with Gasteiger partial charge >= 0.3 is 0 Å². The summed E-state index contributed by atoms with van der Waals surface area (Å²) in [6.45, 7) is 3.19. The molecule has 1 aliphatic heterocycles. The van der Waals surface area contributed by atoms with Crippen LogP contribution in [-0.4, -0.2) is 44.1 Å². The second-order valence-electron chi connectivity index (χ2n) is 7.81. The molecule has 1 N–H and O–H groups in total. The average Bonchev–Trinajstić information content (AvgIpc) is 3.25. The number of nitrogens with zero attached hydrogens (tertiary/aromatic N) is 4. The van der Waals surface area contributed by atoms with Crippen molar-refractivity contribution in [3.8, 4) is 5.82 Å². The van der Waals surface area contributed by atoms with Crippen LogP contribution in [0.3, 0.4) is 0 Å². The third-order valence-corrected chi connectivity index (χ3v) is 5.44. The Morgan fingerprint density at radius 3 is 2.71 bits per heavy atom. The van der Waals surface area contributed by atoms with Gasteiger partial charge in [0.05, 0.1) is 5.69 Å². The summed E-state index contributed by atoms with van der Waals surface area (Å²) in [4.78, 5) is 18.5. The van der Waals surface area contributed by atoms with E-state index in [9.17, 15) is 13.6 Å². The molecule has 150 valence electrons. The summed E-state index contributed by atoms with van der Waals surface area (Å²) in [6.07, 6.45) is 3.96. The Morgan fingerprint density at radius 1 is 1.29 bits per heavy atom. The first-order valence-corrected chi connectivity index (χ1v) is 9.84. The number of pyridine rings is 1. The lowest BCUT2D eigenvalue weighted by atomic mass is 9.92. The van der Waals surface area contributed by atoms with E-state index in [2.05, 4.69) is 15.4 Å². The number of likely N-dealkylation sites (tertiary alicyclic amines) is 1. The van der Waals surface area contributed by atoms with Crippen LogP contribution in [0.4, 0.5) is 14.6 Å². The summed E-state index contributed by atoms with van der Waals surface area (Å²) in [5.41, 5.74) is 1.84. The van der Waals surface area contributed by atoms with Crippen LogP contribution in [0, 0.1) is 6.92 Å². The molecule has 3 heterocycles. The highest BCUT2D eigenvalue weighted by Gasteiger charge is 2.35. The molecule has 2 fully saturated rings. The summed E-state index contributed by atoms with van der Waals surface area (Å²) in [5.74, 6) is -1.10. The zero-order valence-electron chi connectivity index (χ0n) is 16.0. The number of aryl methyl sites for hydroxylation is 1. The minimum absolute atomic E-state index is 0.0250. The third kappa shape index (κ3) is 4.31. The van der Waals surface area contributed by atoms with E-state index in [1.807, 2.05) is 36.2 Å². The molecular formula is C20H25F2N5O. The topological polar surface area (TPSA) is 63.1 Å². The summed E-state index contributed by atoms with van der Waals surface area (Å²) in [5, 5.41) is 7.75. The highest BCUT2D eigenvalue weighted by atomic mass is 19.3. The van der Waals surface area contributed by atoms with Crippen molar-refractivity contribution in [2.75, 3.05) is 11.9 Å². The first-order valence-electron chi connectivity index (χ1n) is 9.84. The fourth-order valence-corrected chi connectivity index (χ4v) is 3.88. The molecule has 0 spiro atoms. The summed E-state index contributed by atoms with van der Waals surface area (Å²) >= 11 is 0. The summed E-state index contributed by atoms with van der Waals surface area (Å²) in [7, 11) is 0. The number of hydrogen-bond acceptors (Lipinski definition) is 4. The number of aromatic nitrogens is 3. The minimum atomic E-state index is -2.55. The Morgan fingerprint density at radius 2 is 2.07 bits per heavy atom. The van der Waals surface area contributed by atoms with E-state index in [0.29, 0.717) is 37.4 Å². The standard InChI is InChI=1S/C20H25F2N5O/c1-14-6-10-27(25-14)18-12-15(13-26-9-2-3-19(26)28)11-17(24-18)23-16-4-7-20(21,22)8-5-16/h6,10-12,16H,2-5,7-9,13H2,1H3,(H,23,24). The van der Waals surface area contributed by atoms with Gasteiger partial charge in [-0.1, -0.05) is 0 Å². The van der Waals surface area contributed by atoms with Crippen LogP contribution in [0.1, 0.15) is 49.8 Å². The summed E-state index contributed by atoms with van der Waals surface area (Å²) < 4.78 is 28.6. The second kappa shape index (κ2) is 7.48. The molecule has 0 bridgehead atoms. The van der Waals surface area contributed by atoms with Gasteiger partial charge in [-0.25, -0.2) is 18.4 Å². The third-order valence-electron chi connectivity index (χ3n) is 5.44. The number of hydrogen-bond donors (Lipinski definition) is 1. The van der Waals surface area contributed by atoms with Crippen molar-refractivity contribution in [1.29, 1.82) is 0 Å². The lowest BCUT2D eigenvalue weighted by molar-refractivity contribution is -0.128. The smallest absolute Gasteiger partial charge is 0.248 e. The van der Waals surface area contributed by atoms with Crippen molar-refractivity contribution in [1.82, 2.24) is 19.7 Å². The Labute approximate surface area is 162 Å². The van der Waals surface area contributed by atoms with E-state index in [0.717, 1.165) is 24.2 Å². The molecule has 0 unspecified atom stereocenters. The van der Waals surface area contributed by atoms with Gasteiger partial charge in [-0.15, -0.1) is 0 Å². The van der Waals surface area contributed by atoms with Crippen LogP contribution in [0.25, 0.3) is 5.82 Å². The van der Waals surface area contributed by atoms with Crippen molar-refractivity contribution in [3.05, 3.63) is 35.7 Å². The van der Waals surface area contributed by atoms with E-state index in [-0.39, 0.29) is 24.8 Å². The quantitative estimate of drug-likeness (QED) is 0.847. The van der Waals surface area contributed by atoms with Crippen LogP contribution in [0.2, 0.25) is 0 Å². The fourth-order valence-electron chi connectivity index (χ4n) is 3.88. The zero-order chi connectivity index (χ0) is 19.7. The van der Waals surface area contributed by atoms with Gasteiger partial charge in [0.1, 0.15) is 5.82 Å². The first-order chi connectivity index (χ1) is 13.4. The van der Waals surface area contributed by atoms with Gasteiger partial charge in [0.15, 0.2) is 5.82 Å². The molecule has 2 aromatic heterocycles. The van der Waals surface area contributed by atoms with Gasteiger partial charge in [0.2, 0.25) is 11.8 Å². The SMILES string of the molecule is Cc1ccn(-c2cc(CN3CCCC3=O)cc(NC3CCC(F)(F)CC3)n2)n1.